The number of benzene rings is 1. The van der Waals surface area contributed by atoms with Crippen molar-refractivity contribution < 1.29 is 4.79 Å². The number of aryl methyl sites for hydroxylation is 2. The Labute approximate surface area is 184 Å². The van der Waals surface area contributed by atoms with E-state index in [1.54, 1.807) is 21.1 Å². The molecule has 1 amide bonds. The van der Waals surface area contributed by atoms with Crippen molar-refractivity contribution in [2.45, 2.75) is 19.4 Å². The van der Waals surface area contributed by atoms with Gasteiger partial charge in [0, 0.05) is 28.2 Å². The number of nitrogen functional groups attached to an aromatic ring is 1. The van der Waals surface area contributed by atoms with Crippen molar-refractivity contribution in [3.8, 4) is 0 Å². The number of amides is 1. The van der Waals surface area contributed by atoms with Crippen molar-refractivity contribution in [1.82, 2.24) is 24.5 Å². The summed E-state index contributed by atoms with van der Waals surface area (Å²) in [6, 6.07) is 9.42. The average molecular weight is 441 g/mol. The van der Waals surface area contributed by atoms with Crippen LogP contribution in [0.5, 0.6) is 0 Å². The Kier molecular flexibility index (Phi) is 6.37. The number of nitrogens with zero attached hydrogens (tertiary/aromatic N) is 4. The molecule has 3 aromatic rings. The molecule has 1 atom stereocenters. The lowest BCUT2D eigenvalue weighted by Crippen LogP contribution is -2.33. The van der Waals surface area contributed by atoms with E-state index in [1.807, 2.05) is 37.3 Å². The van der Waals surface area contributed by atoms with Crippen molar-refractivity contribution >= 4 is 28.8 Å². The van der Waals surface area contributed by atoms with E-state index in [9.17, 15) is 14.4 Å². The van der Waals surface area contributed by atoms with Crippen LogP contribution in [0.2, 0.25) is 0 Å². The van der Waals surface area contributed by atoms with E-state index in [0.29, 0.717) is 6.42 Å². The van der Waals surface area contributed by atoms with Crippen LogP contribution in [0, 0.1) is 0 Å². The molecular formula is C21H28N8O3. The number of carbonyl (C=O) groups excluding carboxylic acids is 1. The van der Waals surface area contributed by atoms with E-state index in [2.05, 4.69) is 20.8 Å². The van der Waals surface area contributed by atoms with Gasteiger partial charge in [0.05, 0.1) is 6.04 Å². The molecule has 0 spiro atoms. The third kappa shape index (κ3) is 4.22. The van der Waals surface area contributed by atoms with Gasteiger partial charge in [-0.3, -0.25) is 24.2 Å². The minimum atomic E-state index is -0.529. The average Bonchev–Trinajstić information content (AvgIpc) is 3.05. The van der Waals surface area contributed by atoms with Crippen molar-refractivity contribution in [2.75, 3.05) is 30.5 Å². The summed E-state index contributed by atoms with van der Waals surface area (Å²) in [5.74, 6) is -0.151. The van der Waals surface area contributed by atoms with Crippen molar-refractivity contribution in [1.29, 1.82) is 0 Å². The molecule has 0 aliphatic rings. The number of H-pyrrole nitrogens is 1. The Morgan fingerprint density at radius 2 is 1.84 bits per heavy atom. The van der Waals surface area contributed by atoms with Gasteiger partial charge in [-0.15, -0.1) is 0 Å². The topological polar surface area (TPSA) is 143 Å². The number of carbonyl (C=O) groups is 1. The lowest BCUT2D eigenvalue weighted by molar-refractivity contribution is 0.0822. The minimum Gasteiger partial charge on any atom is -0.394 e. The van der Waals surface area contributed by atoms with E-state index in [4.69, 9.17) is 5.73 Å². The number of hydrogen-bond acceptors (Lipinski definition) is 7. The highest BCUT2D eigenvalue weighted by atomic mass is 16.2. The summed E-state index contributed by atoms with van der Waals surface area (Å²) >= 11 is 0. The predicted octanol–water partition coefficient (Wildman–Crippen LogP) is 1.40. The Morgan fingerprint density at radius 3 is 2.44 bits per heavy atom. The summed E-state index contributed by atoms with van der Waals surface area (Å²) in [5.41, 5.74) is 6.39. The van der Waals surface area contributed by atoms with Crippen LogP contribution in [-0.2, 0) is 14.1 Å². The molecule has 1 aromatic carbocycles. The van der Waals surface area contributed by atoms with Gasteiger partial charge in [0.15, 0.2) is 11.5 Å². The molecule has 2 aromatic heterocycles. The zero-order valence-corrected chi connectivity index (χ0v) is 18.8. The molecule has 0 saturated heterocycles. The van der Waals surface area contributed by atoms with Crippen LogP contribution in [0.3, 0.4) is 0 Å². The highest BCUT2D eigenvalue weighted by Crippen LogP contribution is 2.29. The van der Waals surface area contributed by atoms with Crippen LogP contribution in [0.1, 0.15) is 35.4 Å². The lowest BCUT2D eigenvalue weighted by Gasteiger charge is -2.21. The molecule has 170 valence electrons. The SMILES string of the molecule is CC[C@@H](Nc1c(Nc2c(N)c(C(=O)N(C)C)nn2C)c(=O)[nH]n(C)c1=O)c1ccccc1. The zero-order chi connectivity index (χ0) is 23.6. The Bertz CT molecular complexity index is 1240. The van der Waals surface area contributed by atoms with Crippen LogP contribution in [0.15, 0.2) is 39.9 Å². The van der Waals surface area contributed by atoms with E-state index < -0.39 is 11.1 Å². The van der Waals surface area contributed by atoms with Gasteiger partial charge in [-0.25, -0.2) is 4.68 Å². The number of aromatic nitrogens is 4. The fraction of sp³-hybridized carbons (Fsp3) is 0.333. The number of anilines is 4. The summed E-state index contributed by atoms with van der Waals surface area (Å²) in [6.45, 7) is 1.98. The first-order valence-electron chi connectivity index (χ1n) is 10.1. The van der Waals surface area contributed by atoms with Gasteiger partial charge >= 0.3 is 0 Å². The summed E-state index contributed by atoms with van der Waals surface area (Å²) < 4.78 is 2.47. The fourth-order valence-electron chi connectivity index (χ4n) is 3.36. The number of aromatic amines is 1. The van der Waals surface area contributed by atoms with Gasteiger partial charge in [0.2, 0.25) is 0 Å². The van der Waals surface area contributed by atoms with Gasteiger partial charge in [-0.1, -0.05) is 37.3 Å². The molecule has 0 aliphatic heterocycles. The standard InChI is InChI=1S/C21H28N8O3/c1-6-13(12-10-8-7-9-11-12)23-17-16(19(30)26-29(5)21(17)32)24-18-14(22)15(25-28(18)4)20(31)27(2)3/h7-11,13,23-24H,6,22H2,1-5H3,(H,26,30)/t13-/m1/s1. The smallest absolute Gasteiger partial charge is 0.290 e. The molecule has 11 heteroatoms. The highest BCUT2D eigenvalue weighted by Gasteiger charge is 2.24. The fourth-order valence-corrected chi connectivity index (χ4v) is 3.36. The van der Waals surface area contributed by atoms with Gasteiger partial charge < -0.3 is 21.3 Å². The maximum Gasteiger partial charge on any atom is 0.290 e. The molecule has 0 fully saturated rings. The zero-order valence-electron chi connectivity index (χ0n) is 18.8. The second-order valence-corrected chi connectivity index (χ2v) is 7.63. The van der Waals surface area contributed by atoms with Crippen molar-refractivity contribution in [3.05, 3.63) is 62.3 Å². The van der Waals surface area contributed by atoms with Gasteiger partial charge in [0.25, 0.3) is 17.0 Å². The molecule has 0 radical (unpaired) electrons. The lowest BCUT2D eigenvalue weighted by atomic mass is 10.0. The monoisotopic (exact) mass is 440 g/mol. The number of nitrogens with two attached hydrogens (primary N) is 1. The second-order valence-electron chi connectivity index (χ2n) is 7.63. The molecule has 32 heavy (non-hydrogen) atoms. The normalized spacial score (nSPS) is 11.8. The quantitative estimate of drug-likeness (QED) is 0.435. The van der Waals surface area contributed by atoms with Gasteiger partial charge in [-0.2, -0.15) is 5.10 Å². The minimum absolute atomic E-state index is 0.0129. The second kappa shape index (κ2) is 9.00. The van der Waals surface area contributed by atoms with Crippen molar-refractivity contribution in [3.63, 3.8) is 0 Å². The van der Waals surface area contributed by atoms with E-state index >= 15 is 0 Å². The first-order chi connectivity index (χ1) is 15.1. The van der Waals surface area contributed by atoms with E-state index in [1.165, 1.54) is 16.6 Å². The molecule has 2 heterocycles. The molecule has 11 nitrogen and oxygen atoms in total. The Morgan fingerprint density at radius 1 is 1.19 bits per heavy atom. The third-order valence-electron chi connectivity index (χ3n) is 5.13. The molecular weight excluding hydrogens is 412 g/mol. The summed E-state index contributed by atoms with van der Waals surface area (Å²) in [7, 11) is 6.23. The maximum absolute atomic E-state index is 13.0. The van der Waals surface area contributed by atoms with Crippen LogP contribution in [-0.4, -0.2) is 44.5 Å². The number of hydrogen-bond donors (Lipinski definition) is 4. The molecule has 0 aliphatic carbocycles. The first-order valence-corrected chi connectivity index (χ1v) is 10.1. The molecule has 0 saturated carbocycles. The summed E-state index contributed by atoms with van der Waals surface area (Å²) in [4.78, 5) is 39.5. The van der Waals surface area contributed by atoms with E-state index in [0.717, 1.165) is 10.2 Å². The molecule has 3 rings (SSSR count). The van der Waals surface area contributed by atoms with Crippen LogP contribution in [0.4, 0.5) is 22.9 Å². The first kappa shape index (κ1) is 22.7. The van der Waals surface area contributed by atoms with Crippen molar-refractivity contribution in [2.24, 2.45) is 14.1 Å². The third-order valence-corrected chi connectivity index (χ3v) is 5.13. The highest BCUT2D eigenvalue weighted by molar-refractivity contribution is 6.00. The van der Waals surface area contributed by atoms with Crippen LogP contribution >= 0.6 is 0 Å². The van der Waals surface area contributed by atoms with Gasteiger partial charge in [-0.05, 0) is 12.0 Å². The van der Waals surface area contributed by atoms with Crippen LogP contribution < -0.4 is 27.5 Å². The van der Waals surface area contributed by atoms with E-state index in [-0.39, 0.29) is 40.5 Å². The molecule has 5 N–H and O–H groups in total. The maximum atomic E-state index is 13.0. The molecule has 0 unspecified atom stereocenters. The Hall–Kier alpha value is -4.02. The van der Waals surface area contributed by atoms with Gasteiger partial charge in [0.1, 0.15) is 17.1 Å². The largest absolute Gasteiger partial charge is 0.394 e. The van der Waals surface area contributed by atoms with Crippen LogP contribution in [0.25, 0.3) is 0 Å². The number of rotatable bonds is 7. The number of nitrogens with one attached hydrogen (secondary N) is 3. The molecule has 0 bridgehead atoms. The predicted molar refractivity (Wildman–Crippen MR) is 124 cm³/mol. The summed E-state index contributed by atoms with van der Waals surface area (Å²) in [5, 5.41) is 12.8. The summed E-state index contributed by atoms with van der Waals surface area (Å²) in [6.07, 6.45) is 0.675. The Balaban J connectivity index is 2.09.